The van der Waals surface area contributed by atoms with Crippen LogP contribution >= 0.6 is 11.6 Å². The first-order valence-electron chi connectivity index (χ1n) is 6.70. The van der Waals surface area contributed by atoms with Crippen LogP contribution in [-0.4, -0.2) is 21.0 Å². The van der Waals surface area contributed by atoms with Crippen molar-refractivity contribution in [3.63, 3.8) is 0 Å². The Balaban J connectivity index is 1.93. The molecule has 7 nitrogen and oxygen atoms in total. The summed E-state index contributed by atoms with van der Waals surface area (Å²) in [5, 5.41) is 19.8. The van der Waals surface area contributed by atoms with Crippen LogP contribution in [0.3, 0.4) is 0 Å². The molecule has 0 aliphatic rings. The molecule has 0 saturated heterocycles. The maximum Gasteiger partial charge on any atom is 0.335 e. The van der Waals surface area contributed by atoms with E-state index in [1.807, 2.05) is 0 Å². The van der Waals surface area contributed by atoms with Crippen LogP contribution in [0.4, 0.5) is 5.69 Å². The van der Waals surface area contributed by atoms with Crippen molar-refractivity contribution in [2.24, 2.45) is 0 Å². The molecule has 0 aliphatic carbocycles. The number of benzene rings is 2. The van der Waals surface area contributed by atoms with E-state index in [1.54, 1.807) is 18.2 Å². The Kier molecular flexibility index (Phi) is 4.01. The summed E-state index contributed by atoms with van der Waals surface area (Å²) < 4.78 is 5.47. The van der Waals surface area contributed by atoms with Crippen molar-refractivity contribution >= 4 is 45.5 Å². The lowest BCUT2D eigenvalue weighted by atomic mass is 10.1. The molecule has 120 valence electrons. The van der Waals surface area contributed by atoms with Gasteiger partial charge in [0.05, 0.1) is 10.5 Å². The predicted octanol–water partition coefficient (Wildman–Crippen LogP) is 4.17. The topological polar surface area (TPSA) is 106 Å². The van der Waals surface area contributed by atoms with Crippen molar-refractivity contribution in [3.8, 4) is 0 Å². The third kappa shape index (κ3) is 3.11. The Morgan fingerprint density at radius 1 is 1.25 bits per heavy atom. The number of hydrogen-bond donors (Lipinski definition) is 1. The first kappa shape index (κ1) is 15.7. The number of aromatic carboxylic acids is 1. The number of non-ortho nitro benzene ring substituents is 1. The lowest BCUT2D eigenvalue weighted by Crippen LogP contribution is -1.94. The molecular formula is C16H9ClN2O5. The second kappa shape index (κ2) is 6.13. The molecule has 1 N–H and O–H groups in total. The monoisotopic (exact) mass is 344 g/mol. The van der Waals surface area contributed by atoms with Crippen molar-refractivity contribution in [2.75, 3.05) is 0 Å². The lowest BCUT2D eigenvalue weighted by Gasteiger charge is -1.97. The zero-order valence-corrected chi connectivity index (χ0v) is 12.7. The van der Waals surface area contributed by atoms with Gasteiger partial charge in [0.2, 0.25) is 5.89 Å². The maximum absolute atomic E-state index is 10.8. The number of fused-ring (bicyclic) bond motifs is 1. The van der Waals surface area contributed by atoms with Crippen LogP contribution < -0.4 is 0 Å². The lowest BCUT2D eigenvalue weighted by molar-refractivity contribution is -0.384. The number of carboxylic acids is 1. The van der Waals surface area contributed by atoms with Gasteiger partial charge in [-0.2, -0.15) is 0 Å². The molecule has 0 atom stereocenters. The largest absolute Gasteiger partial charge is 0.478 e. The predicted molar refractivity (Wildman–Crippen MR) is 87.8 cm³/mol. The molecule has 0 radical (unpaired) electrons. The highest BCUT2D eigenvalue weighted by Crippen LogP contribution is 2.27. The van der Waals surface area contributed by atoms with Crippen LogP contribution in [0.1, 0.15) is 21.8 Å². The Hall–Kier alpha value is -3.19. The molecule has 1 aromatic heterocycles. The smallest absolute Gasteiger partial charge is 0.335 e. The summed E-state index contributed by atoms with van der Waals surface area (Å²) in [6.07, 6.45) is 1.56. The summed E-state index contributed by atoms with van der Waals surface area (Å²) in [5.41, 5.74) is 1.44. The number of nitrogens with zero attached hydrogens (tertiary/aromatic N) is 2. The Labute approximate surface area is 140 Å². The van der Waals surface area contributed by atoms with Crippen molar-refractivity contribution in [1.82, 2.24) is 4.98 Å². The average Bonchev–Trinajstić information content (AvgIpc) is 2.98. The molecule has 0 fully saturated rings. The number of halogens is 1. The second-order valence-electron chi connectivity index (χ2n) is 4.85. The number of hydrogen-bond acceptors (Lipinski definition) is 5. The number of rotatable bonds is 4. The Morgan fingerprint density at radius 3 is 2.58 bits per heavy atom. The molecule has 3 rings (SSSR count). The summed E-state index contributed by atoms with van der Waals surface area (Å²) >= 11 is 6.17. The zero-order chi connectivity index (χ0) is 17.3. The van der Waals surface area contributed by atoms with Crippen LogP contribution in [-0.2, 0) is 0 Å². The van der Waals surface area contributed by atoms with Crippen LogP contribution in [0.25, 0.3) is 22.2 Å². The highest BCUT2D eigenvalue weighted by molar-refractivity contribution is 6.50. The van der Waals surface area contributed by atoms with E-state index in [1.165, 1.54) is 30.3 Å². The molecule has 0 aliphatic heterocycles. The van der Waals surface area contributed by atoms with Gasteiger partial charge in [0.25, 0.3) is 5.69 Å². The van der Waals surface area contributed by atoms with Crippen molar-refractivity contribution in [3.05, 3.63) is 69.6 Å². The molecule has 2 aromatic carbocycles. The summed E-state index contributed by atoms with van der Waals surface area (Å²) in [4.78, 5) is 25.2. The fourth-order valence-electron chi connectivity index (χ4n) is 2.06. The minimum absolute atomic E-state index is 0.0910. The van der Waals surface area contributed by atoms with Crippen molar-refractivity contribution in [1.29, 1.82) is 0 Å². The summed E-state index contributed by atoms with van der Waals surface area (Å²) in [5.74, 6) is -0.897. The van der Waals surface area contributed by atoms with Gasteiger partial charge < -0.3 is 9.52 Å². The summed E-state index contributed by atoms with van der Waals surface area (Å²) in [7, 11) is 0. The normalized spacial score (nSPS) is 11.6. The third-order valence-electron chi connectivity index (χ3n) is 3.24. The van der Waals surface area contributed by atoms with Crippen molar-refractivity contribution in [2.45, 2.75) is 0 Å². The van der Waals surface area contributed by atoms with Crippen LogP contribution in [0.5, 0.6) is 0 Å². The molecule has 0 unspecified atom stereocenters. The van der Waals surface area contributed by atoms with E-state index in [-0.39, 0.29) is 22.2 Å². The van der Waals surface area contributed by atoms with Gasteiger partial charge in [0, 0.05) is 12.1 Å². The molecule has 24 heavy (non-hydrogen) atoms. The Bertz CT molecular complexity index is 976. The maximum atomic E-state index is 10.8. The SMILES string of the molecule is O=C(O)c1ccc(C=C(Cl)c2nc3cc([N+](=O)[O-])ccc3o2)cc1. The molecule has 3 aromatic rings. The molecule has 0 spiro atoms. The van der Waals surface area contributed by atoms with Gasteiger partial charge in [0.1, 0.15) is 10.5 Å². The van der Waals surface area contributed by atoms with E-state index < -0.39 is 10.9 Å². The third-order valence-corrected chi connectivity index (χ3v) is 3.51. The van der Waals surface area contributed by atoms with E-state index in [4.69, 9.17) is 21.1 Å². The number of oxazole rings is 1. The van der Waals surface area contributed by atoms with Gasteiger partial charge >= 0.3 is 5.97 Å². The molecular weight excluding hydrogens is 336 g/mol. The summed E-state index contributed by atoms with van der Waals surface area (Å²) in [6.45, 7) is 0. The zero-order valence-electron chi connectivity index (χ0n) is 12.0. The average molecular weight is 345 g/mol. The summed E-state index contributed by atoms with van der Waals surface area (Å²) in [6, 6.07) is 10.2. The number of aromatic nitrogens is 1. The Morgan fingerprint density at radius 2 is 1.96 bits per heavy atom. The van der Waals surface area contributed by atoms with E-state index in [0.29, 0.717) is 16.7 Å². The van der Waals surface area contributed by atoms with Crippen LogP contribution in [0.15, 0.2) is 46.9 Å². The molecule has 0 amide bonds. The number of nitro groups is 1. The van der Waals surface area contributed by atoms with E-state index in [9.17, 15) is 14.9 Å². The van der Waals surface area contributed by atoms with Crippen LogP contribution in [0.2, 0.25) is 0 Å². The molecule has 0 bridgehead atoms. The van der Waals surface area contributed by atoms with Gasteiger partial charge in [0.15, 0.2) is 5.58 Å². The first-order chi connectivity index (χ1) is 11.4. The van der Waals surface area contributed by atoms with E-state index >= 15 is 0 Å². The van der Waals surface area contributed by atoms with Crippen molar-refractivity contribution < 1.29 is 19.2 Å². The molecule has 1 heterocycles. The molecule has 0 saturated carbocycles. The minimum atomic E-state index is -1.02. The second-order valence-corrected chi connectivity index (χ2v) is 5.25. The standard InChI is InChI=1S/C16H9ClN2O5/c17-12(7-9-1-3-10(4-2-9)16(20)21)15-18-13-8-11(19(22)23)5-6-14(13)24-15/h1-8H,(H,20,21). The van der Waals surface area contributed by atoms with Gasteiger partial charge in [-0.1, -0.05) is 23.7 Å². The fraction of sp³-hybridized carbons (Fsp3) is 0. The van der Waals surface area contributed by atoms with Gasteiger partial charge in [-0.15, -0.1) is 0 Å². The van der Waals surface area contributed by atoms with E-state index in [2.05, 4.69) is 4.98 Å². The molecule has 8 heteroatoms. The first-order valence-corrected chi connectivity index (χ1v) is 7.08. The fourth-order valence-corrected chi connectivity index (χ4v) is 2.27. The number of carbonyl (C=O) groups is 1. The minimum Gasteiger partial charge on any atom is -0.478 e. The number of nitro benzene ring substituents is 1. The van der Waals surface area contributed by atoms with Gasteiger partial charge in [-0.3, -0.25) is 10.1 Å². The quantitative estimate of drug-likeness (QED) is 0.562. The van der Waals surface area contributed by atoms with Gasteiger partial charge in [-0.25, -0.2) is 9.78 Å². The van der Waals surface area contributed by atoms with Crippen LogP contribution in [0, 0.1) is 10.1 Å². The highest BCUT2D eigenvalue weighted by Gasteiger charge is 2.13. The number of carboxylic acid groups (broad SMARTS) is 1. The van der Waals surface area contributed by atoms with Gasteiger partial charge in [-0.05, 0) is 29.8 Å². The highest BCUT2D eigenvalue weighted by atomic mass is 35.5. The van der Waals surface area contributed by atoms with E-state index in [0.717, 1.165) is 0 Å².